The maximum Gasteiger partial charge on any atom is 0.246 e. The van der Waals surface area contributed by atoms with Crippen molar-refractivity contribution in [3.63, 3.8) is 0 Å². The number of nitrogens with one attached hydrogen (secondary N) is 2. The van der Waals surface area contributed by atoms with Crippen LogP contribution in [0.25, 0.3) is 0 Å². The number of benzene rings is 1. The Balaban J connectivity index is 1.24. The quantitative estimate of drug-likeness (QED) is 0.329. The van der Waals surface area contributed by atoms with Gasteiger partial charge in [0.25, 0.3) is 0 Å². The van der Waals surface area contributed by atoms with Gasteiger partial charge in [-0.25, -0.2) is 4.39 Å². The lowest BCUT2D eigenvalue weighted by molar-refractivity contribution is -0.189. The Morgan fingerprint density at radius 3 is 2.70 bits per heavy atom. The predicted octanol–water partition coefficient (Wildman–Crippen LogP) is 4.53. The van der Waals surface area contributed by atoms with Gasteiger partial charge in [-0.05, 0) is 70.2 Å². The summed E-state index contributed by atoms with van der Waals surface area (Å²) in [5, 5.41) is 17.9. The molecule has 9 nitrogen and oxygen atoms in total. The van der Waals surface area contributed by atoms with Crippen molar-refractivity contribution in [1.82, 2.24) is 25.3 Å². The second-order valence-corrected chi connectivity index (χ2v) is 15.2. The van der Waals surface area contributed by atoms with Gasteiger partial charge in [-0.15, -0.1) is 0 Å². The number of carbonyl (C=O) groups excluding carboxylic acids is 1. The minimum absolute atomic E-state index is 0.0965. The molecule has 0 bridgehead atoms. The van der Waals surface area contributed by atoms with E-state index in [4.69, 9.17) is 9.47 Å². The fraction of sp³-hybridized carbons (Fsp3) is 0.730. The molecule has 256 valence electrons. The summed E-state index contributed by atoms with van der Waals surface area (Å²) in [6, 6.07) is 7.97. The van der Waals surface area contributed by atoms with Crippen molar-refractivity contribution in [2.24, 2.45) is 11.8 Å². The van der Waals surface area contributed by atoms with E-state index in [1.807, 2.05) is 11.0 Å². The minimum Gasteiger partial charge on any atom is -0.484 e. The molecule has 1 aromatic rings. The van der Waals surface area contributed by atoms with Gasteiger partial charge in [0.15, 0.2) is 17.9 Å². The van der Waals surface area contributed by atoms with Gasteiger partial charge in [0.05, 0.1) is 30.8 Å². The average Bonchev–Trinajstić information content (AvgIpc) is 3.53. The Morgan fingerprint density at radius 1 is 1.15 bits per heavy atom. The third kappa shape index (κ3) is 6.23. The topological polar surface area (TPSA) is 93.1 Å². The van der Waals surface area contributed by atoms with Crippen LogP contribution in [-0.2, 0) is 16.0 Å². The number of carbonyl (C=O) groups is 1. The van der Waals surface area contributed by atoms with Crippen molar-refractivity contribution >= 4 is 5.91 Å². The zero-order chi connectivity index (χ0) is 32.6. The fourth-order valence-electron chi connectivity index (χ4n) is 10.3. The molecule has 1 spiro atoms. The van der Waals surface area contributed by atoms with Crippen molar-refractivity contribution in [1.29, 1.82) is 5.26 Å². The zero-order valence-electron chi connectivity index (χ0n) is 28.1. The van der Waals surface area contributed by atoms with E-state index in [9.17, 15) is 14.4 Å². The van der Waals surface area contributed by atoms with Crippen LogP contribution in [0, 0.1) is 29.0 Å². The normalized spacial score (nSPS) is 36.7. The summed E-state index contributed by atoms with van der Waals surface area (Å²) in [6.45, 7) is 7.43. The molecule has 0 radical (unpaired) electrons. The Bertz CT molecular complexity index is 1350. The molecule has 4 heterocycles. The van der Waals surface area contributed by atoms with E-state index >= 15 is 0 Å². The van der Waals surface area contributed by atoms with E-state index in [2.05, 4.69) is 40.1 Å². The average molecular weight is 649 g/mol. The third-order valence-electron chi connectivity index (χ3n) is 12.6. The van der Waals surface area contributed by atoms with Gasteiger partial charge in [-0.1, -0.05) is 44.4 Å². The molecule has 2 N–H and O–H groups in total. The Kier molecular flexibility index (Phi) is 9.65. The molecule has 1 amide bonds. The van der Waals surface area contributed by atoms with E-state index in [1.54, 1.807) is 6.07 Å². The van der Waals surface area contributed by atoms with E-state index < -0.39 is 5.60 Å². The van der Waals surface area contributed by atoms with Gasteiger partial charge in [0.1, 0.15) is 5.60 Å². The lowest BCUT2D eigenvalue weighted by Gasteiger charge is -2.64. The van der Waals surface area contributed by atoms with E-state index in [-0.39, 0.29) is 48.2 Å². The minimum atomic E-state index is -0.445. The fourth-order valence-corrected chi connectivity index (χ4v) is 10.3. The SMILES string of the molecule is C=CC(=O)N1CCN(C2(C3CCCCCC3)NC(OCC3CCCN3C)NC3C[C@@]4(CCC32)Cc2cccc(F)c2O4)CC1CC#N. The Labute approximate surface area is 279 Å². The molecule has 6 aliphatic rings. The molecule has 10 heteroatoms. The molecule has 1 aromatic carbocycles. The molecule has 7 atom stereocenters. The number of likely N-dealkylation sites (tertiary alicyclic amines) is 1. The predicted molar refractivity (Wildman–Crippen MR) is 178 cm³/mol. The van der Waals surface area contributed by atoms with E-state index in [0.717, 1.165) is 63.6 Å². The maximum absolute atomic E-state index is 14.9. The van der Waals surface area contributed by atoms with Gasteiger partial charge in [-0.3, -0.25) is 20.3 Å². The van der Waals surface area contributed by atoms with Crippen LogP contribution in [0.3, 0.4) is 0 Å². The van der Waals surface area contributed by atoms with Crippen molar-refractivity contribution in [2.45, 2.75) is 119 Å². The number of fused-ring (bicyclic) bond motifs is 2. The van der Waals surface area contributed by atoms with Crippen LogP contribution in [0.4, 0.5) is 4.39 Å². The van der Waals surface area contributed by atoms with Crippen molar-refractivity contribution < 1.29 is 18.7 Å². The first-order valence-electron chi connectivity index (χ1n) is 18.2. The van der Waals surface area contributed by atoms with Crippen LogP contribution >= 0.6 is 0 Å². The summed E-state index contributed by atoms with van der Waals surface area (Å²) in [5.74, 6) is 0.708. The number of nitrogens with zero attached hydrogens (tertiary/aromatic N) is 4. The number of hydrogen-bond donors (Lipinski definition) is 2. The molecule has 2 saturated carbocycles. The number of para-hydroxylation sites is 1. The second kappa shape index (κ2) is 13.8. The summed E-state index contributed by atoms with van der Waals surface area (Å²) in [6.07, 6.45) is 14.1. The summed E-state index contributed by atoms with van der Waals surface area (Å²) < 4.78 is 28.3. The van der Waals surface area contributed by atoms with Gasteiger partial charge < -0.3 is 19.3 Å². The van der Waals surface area contributed by atoms with Gasteiger partial charge >= 0.3 is 0 Å². The van der Waals surface area contributed by atoms with Crippen LogP contribution in [0.2, 0.25) is 0 Å². The second-order valence-electron chi connectivity index (χ2n) is 15.2. The monoisotopic (exact) mass is 648 g/mol. The number of ether oxygens (including phenoxy) is 2. The van der Waals surface area contributed by atoms with Gasteiger partial charge in [0.2, 0.25) is 5.91 Å². The first kappa shape index (κ1) is 33.0. The van der Waals surface area contributed by atoms with Crippen molar-refractivity contribution in [3.8, 4) is 11.8 Å². The molecular formula is C37H53FN6O3. The van der Waals surface area contributed by atoms with Gasteiger partial charge in [0, 0.05) is 56.0 Å². The highest BCUT2D eigenvalue weighted by atomic mass is 19.1. The summed E-state index contributed by atoms with van der Waals surface area (Å²) in [7, 11) is 2.19. The van der Waals surface area contributed by atoms with Crippen LogP contribution < -0.4 is 15.4 Å². The van der Waals surface area contributed by atoms with Crippen LogP contribution in [-0.4, -0.2) is 96.2 Å². The molecule has 47 heavy (non-hydrogen) atoms. The number of hydrogen-bond acceptors (Lipinski definition) is 8. The standard InChI is InChI=1S/C37H53FN6O3/c1-3-33(45)44-21-20-43(24-28(44)16-18-39)37(27-11-6-4-5-7-12-27)30-15-17-36(22-26-10-8-14-31(38)34(26)47-36)23-32(30)40-35(41-37)46-25-29-13-9-19-42(29)2/h3,8,10,14,27-30,32,35,40-41H,1,4-7,9,11-13,15-17,19-25H2,2H3/t28?,29?,30?,32?,35?,36-,37?/m1/s1. The van der Waals surface area contributed by atoms with Crippen LogP contribution in [0.15, 0.2) is 30.9 Å². The van der Waals surface area contributed by atoms with Crippen molar-refractivity contribution in [3.05, 3.63) is 42.2 Å². The highest BCUT2D eigenvalue weighted by Gasteiger charge is 2.61. The maximum atomic E-state index is 14.9. The number of nitriles is 1. The Hall–Kier alpha value is -2.55. The molecule has 6 unspecified atom stereocenters. The molecule has 4 aliphatic heterocycles. The van der Waals surface area contributed by atoms with E-state index in [0.29, 0.717) is 37.4 Å². The number of piperazine rings is 1. The number of likely N-dealkylation sites (N-methyl/N-ethyl adjacent to an activating group) is 1. The van der Waals surface area contributed by atoms with Crippen molar-refractivity contribution in [2.75, 3.05) is 39.8 Å². The van der Waals surface area contributed by atoms with Gasteiger partial charge in [-0.2, -0.15) is 5.26 Å². The third-order valence-corrected chi connectivity index (χ3v) is 12.6. The highest BCUT2D eigenvalue weighted by Crippen LogP contribution is 2.52. The number of rotatable bonds is 7. The lowest BCUT2D eigenvalue weighted by Crippen LogP contribution is -2.82. The smallest absolute Gasteiger partial charge is 0.246 e. The summed E-state index contributed by atoms with van der Waals surface area (Å²) >= 11 is 0. The lowest BCUT2D eigenvalue weighted by atomic mass is 9.63. The molecular weight excluding hydrogens is 595 g/mol. The summed E-state index contributed by atoms with van der Waals surface area (Å²) in [4.78, 5) is 19.8. The largest absolute Gasteiger partial charge is 0.484 e. The molecule has 0 aromatic heterocycles. The molecule has 2 aliphatic carbocycles. The first-order valence-corrected chi connectivity index (χ1v) is 18.2. The molecule has 7 rings (SSSR count). The summed E-state index contributed by atoms with van der Waals surface area (Å²) in [5.41, 5.74) is 0.147. The van der Waals surface area contributed by atoms with E-state index in [1.165, 1.54) is 44.2 Å². The van der Waals surface area contributed by atoms with Crippen LogP contribution in [0.1, 0.15) is 82.6 Å². The number of amides is 1. The highest BCUT2D eigenvalue weighted by molar-refractivity contribution is 5.87. The van der Waals surface area contributed by atoms with Crippen LogP contribution in [0.5, 0.6) is 5.75 Å². The molecule has 3 saturated heterocycles. The zero-order valence-corrected chi connectivity index (χ0v) is 28.1. The molecule has 5 fully saturated rings. The Morgan fingerprint density at radius 2 is 1.98 bits per heavy atom. The first-order chi connectivity index (χ1) is 22.9. The number of halogens is 1.